The SMILES string of the molecule is CCNC(=S)N1CCN(CCN=CC2=C(O)CC(c3ccc(F)cc3)CC2=O)CC1. The number of nitrogens with zero attached hydrogens (tertiary/aromatic N) is 3. The number of aliphatic hydroxyl groups is 1. The zero-order valence-electron chi connectivity index (χ0n) is 17.3. The summed E-state index contributed by atoms with van der Waals surface area (Å²) in [5, 5.41) is 14.4. The fourth-order valence-corrected chi connectivity index (χ4v) is 4.15. The molecule has 0 amide bonds. The molecule has 0 saturated carbocycles. The minimum Gasteiger partial charge on any atom is -0.511 e. The predicted molar refractivity (Wildman–Crippen MR) is 121 cm³/mol. The first kappa shape index (κ1) is 22.4. The molecule has 2 aliphatic rings. The van der Waals surface area contributed by atoms with Crippen molar-refractivity contribution in [3.63, 3.8) is 0 Å². The number of ketones is 1. The van der Waals surface area contributed by atoms with Gasteiger partial charge in [-0.3, -0.25) is 14.7 Å². The highest BCUT2D eigenvalue weighted by atomic mass is 32.1. The number of aliphatic imine (C=N–C) groups is 1. The van der Waals surface area contributed by atoms with Gasteiger partial charge in [-0.15, -0.1) is 0 Å². The molecule has 162 valence electrons. The van der Waals surface area contributed by atoms with Gasteiger partial charge in [-0.1, -0.05) is 12.1 Å². The van der Waals surface area contributed by atoms with Gasteiger partial charge in [0.05, 0.1) is 12.1 Å². The highest BCUT2D eigenvalue weighted by Gasteiger charge is 2.27. The maximum atomic E-state index is 13.1. The van der Waals surface area contributed by atoms with E-state index < -0.39 is 0 Å². The minimum atomic E-state index is -0.310. The molecule has 1 aromatic carbocycles. The number of carbonyl (C=O) groups excluding carboxylic acids is 1. The van der Waals surface area contributed by atoms with Crippen molar-refractivity contribution in [1.82, 2.24) is 15.1 Å². The lowest BCUT2D eigenvalue weighted by Crippen LogP contribution is -2.52. The van der Waals surface area contributed by atoms with Crippen molar-refractivity contribution in [3.05, 3.63) is 47.0 Å². The minimum absolute atomic E-state index is 0.0647. The third-order valence-corrected chi connectivity index (χ3v) is 5.98. The lowest BCUT2D eigenvalue weighted by Gasteiger charge is -2.35. The van der Waals surface area contributed by atoms with Gasteiger partial charge in [0.1, 0.15) is 11.6 Å². The van der Waals surface area contributed by atoms with Crippen LogP contribution in [0.2, 0.25) is 0 Å². The van der Waals surface area contributed by atoms with Crippen molar-refractivity contribution in [2.45, 2.75) is 25.7 Å². The highest BCUT2D eigenvalue weighted by molar-refractivity contribution is 7.80. The van der Waals surface area contributed by atoms with Gasteiger partial charge in [0.15, 0.2) is 10.9 Å². The van der Waals surface area contributed by atoms with Crippen molar-refractivity contribution in [2.75, 3.05) is 45.8 Å². The van der Waals surface area contributed by atoms with Gasteiger partial charge in [0, 0.05) is 58.3 Å². The molecule has 6 nitrogen and oxygen atoms in total. The van der Waals surface area contributed by atoms with Crippen LogP contribution in [0.25, 0.3) is 0 Å². The van der Waals surface area contributed by atoms with Gasteiger partial charge in [-0.25, -0.2) is 4.39 Å². The van der Waals surface area contributed by atoms with Gasteiger partial charge in [0.2, 0.25) is 0 Å². The van der Waals surface area contributed by atoms with Gasteiger partial charge < -0.3 is 15.3 Å². The Morgan fingerprint density at radius 1 is 1.27 bits per heavy atom. The first-order chi connectivity index (χ1) is 14.5. The standard InChI is InChI=1S/C22H29FN4O2S/c1-2-25-22(30)27-11-9-26(10-12-27)8-7-24-15-19-20(28)13-17(14-21(19)29)16-3-5-18(23)6-4-16/h3-6,15,17,28H,2,7-14H2,1H3,(H,25,30). The normalized spacial score (nSPS) is 20.8. The molecular weight excluding hydrogens is 403 g/mol. The average molecular weight is 433 g/mol. The number of hydrogen-bond acceptors (Lipinski definition) is 5. The molecule has 1 aromatic rings. The highest BCUT2D eigenvalue weighted by Crippen LogP contribution is 2.33. The van der Waals surface area contributed by atoms with Gasteiger partial charge in [0.25, 0.3) is 0 Å². The maximum Gasteiger partial charge on any atom is 0.169 e. The molecule has 1 unspecified atom stereocenters. The topological polar surface area (TPSA) is 68.2 Å². The number of halogens is 1. The molecule has 30 heavy (non-hydrogen) atoms. The van der Waals surface area contributed by atoms with Crippen molar-refractivity contribution in [1.29, 1.82) is 0 Å². The van der Waals surface area contributed by atoms with Crippen molar-refractivity contribution in [2.24, 2.45) is 4.99 Å². The second kappa shape index (κ2) is 10.6. The zero-order valence-corrected chi connectivity index (χ0v) is 18.1. The number of carbonyl (C=O) groups is 1. The van der Waals surface area contributed by atoms with Crippen LogP contribution in [-0.4, -0.2) is 77.8 Å². The van der Waals surface area contributed by atoms with Crippen molar-refractivity contribution < 1.29 is 14.3 Å². The molecule has 1 atom stereocenters. The fourth-order valence-electron chi connectivity index (χ4n) is 3.82. The van der Waals surface area contributed by atoms with Crippen LogP contribution in [0.4, 0.5) is 4.39 Å². The van der Waals surface area contributed by atoms with E-state index in [9.17, 15) is 14.3 Å². The van der Waals surface area contributed by atoms with E-state index in [2.05, 4.69) is 20.1 Å². The smallest absolute Gasteiger partial charge is 0.169 e. The average Bonchev–Trinajstić information content (AvgIpc) is 2.73. The number of aliphatic hydroxyl groups excluding tert-OH is 1. The largest absolute Gasteiger partial charge is 0.511 e. The second-order valence-corrected chi connectivity index (χ2v) is 8.03. The van der Waals surface area contributed by atoms with Crippen molar-refractivity contribution >= 4 is 29.3 Å². The number of Topliss-reactive ketones (excluding diaryl/α,β-unsaturated/α-hetero) is 1. The van der Waals surface area contributed by atoms with E-state index in [1.54, 1.807) is 12.1 Å². The molecule has 0 radical (unpaired) electrons. The van der Waals surface area contributed by atoms with Crippen LogP contribution in [0.5, 0.6) is 0 Å². The van der Waals surface area contributed by atoms with Gasteiger partial charge in [-0.05, 0) is 42.8 Å². The molecule has 1 saturated heterocycles. The van der Waals surface area contributed by atoms with Crippen molar-refractivity contribution in [3.8, 4) is 0 Å². The van der Waals surface area contributed by atoms with Crippen LogP contribution in [-0.2, 0) is 4.79 Å². The second-order valence-electron chi connectivity index (χ2n) is 7.64. The third-order valence-electron chi connectivity index (χ3n) is 5.58. The summed E-state index contributed by atoms with van der Waals surface area (Å²) in [6, 6.07) is 6.10. The molecule has 1 aliphatic heterocycles. The number of nitrogens with one attached hydrogen (secondary N) is 1. The monoisotopic (exact) mass is 432 g/mol. The van der Waals surface area contributed by atoms with Gasteiger partial charge >= 0.3 is 0 Å². The Morgan fingerprint density at radius 3 is 2.60 bits per heavy atom. The molecule has 1 fully saturated rings. The molecule has 0 spiro atoms. The van der Waals surface area contributed by atoms with E-state index >= 15 is 0 Å². The van der Waals surface area contributed by atoms with E-state index in [-0.39, 0.29) is 23.3 Å². The number of allylic oxidation sites excluding steroid dienone is 2. The van der Waals surface area contributed by atoms with Crippen LogP contribution < -0.4 is 5.32 Å². The lowest BCUT2D eigenvalue weighted by atomic mass is 9.83. The van der Waals surface area contributed by atoms with Crippen LogP contribution in [0.15, 0.2) is 40.6 Å². The maximum absolute atomic E-state index is 13.1. The first-order valence-electron chi connectivity index (χ1n) is 10.4. The molecule has 1 aliphatic carbocycles. The first-order valence-corrected chi connectivity index (χ1v) is 10.8. The molecule has 0 bridgehead atoms. The third kappa shape index (κ3) is 5.86. The van der Waals surface area contributed by atoms with Gasteiger partial charge in [-0.2, -0.15) is 0 Å². The number of rotatable bonds is 6. The van der Waals surface area contributed by atoms with E-state index in [1.165, 1.54) is 18.3 Å². The Morgan fingerprint density at radius 2 is 1.97 bits per heavy atom. The van der Waals surface area contributed by atoms with Crippen LogP contribution in [0.3, 0.4) is 0 Å². The number of benzene rings is 1. The summed E-state index contributed by atoms with van der Waals surface area (Å²) < 4.78 is 13.1. The number of hydrogen-bond donors (Lipinski definition) is 2. The summed E-state index contributed by atoms with van der Waals surface area (Å²) in [6.07, 6.45) is 2.17. The fraction of sp³-hybridized carbons (Fsp3) is 0.500. The predicted octanol–water partition coefficient (Wildman–Crippen LogP) is 2.67. The molecule has 0 aromatic heterocycles. The summed E-state index contributed by atoms with van der Waals surface area (Å²) >= 11 is 5.35. The summed E-state index contributed by atoms with van der Waals surface area (Å²) in [7, 11) is 0. The zero-order chi connectivity index (χ0) is 21.5. The number of piperazine rings is 1. The molecular formula is C22H29FN4O2S. The Hall–Kier alpha value is -2.32. The Balaban J connectivity index is 1.47. The van der Waals surface area contributed by atoms with Crippen LogP contribution >= 0.6 is 12.2 Å². The Labute approximate surface area is 182 Å². The summed E-state index contributed by atoms with van der Waals surface area (Å²) in [5.41, 5.74) is 1.16. The van der Waals surface area contributed by atoms with Crippen LogP contribution in [0.1, 0.15) is 31.2 Å². The summed E-state index contributed by atoms with van der Waals surface area (Å²) in [6.45, 7) is 7.88. The Kier molecular flexibility index (Phi) is 7.93. The lowest BCUT2D eigenvalue weighted by molar-refractivity contribution is -0.116. The van der Waals surface area contributed by atoms with Crippen LogP contribution in [0, 0.1) is 5.82 Å². The van der Waals surface area contributed by atoms with E-state index in [0.29, 0.717) is 25.0 Å². The summed E-state index contributed by atoms with van der Waals surface area (Å²) in [5.74, 6) is -0.493. The molecule has 8 heteroatoms. The molecule has 1 heterocycles. The quantitative estimate of drug-likeness (QED) is 0.532. The summed E-state index contributed by atoms with van der Waals surface area (Å²) in [4.78, 5) is 21.4. The van der Waals surface area contributed by atoms with E-state index in [1.807, 2.05) is 6.92 Å². The number of thiocarbonyl (C=S) groups is 1. The molecule has 2 N–H and O–H groups in total. The Bertz CT molecular complexity index is 817. The van der Waals surface area contributed by atoms with E-state index in [4.69, 9.17) is 12.2 Å². The molecule has 3 rings (SSSR count). The van der Waals surface area contributed by atoms with E-state index in [0.717, 1.165) is 49.9 Å².